The summed E-state index contributed by atoms with van der Waals surface area (Å²) < 4.78 is 28.1. The van der Waals surface area contributed by atoms with Gasteiger partial charge < -0.3 is 4.90 Å². The number of sulfonamides is 1. The number of hydrogen-bond acceptors (Lipinski definition) is 5. The van der Waals surface area contributed by atoms with Crippen LogP contribution in [0.25, 0.3) is 0 Å². The molecule has 0 amide bonds. The normalized spacial score (nSPS) is 22.9. The van der Waals surface area contributed by atoms with E-state index in [-0.39, 0.29) is 6.04 Å². The van der Waals surface area contributed by atoms with Crippen LogP contribution in [0, 0.1) is 11.3 Å². The van der Waals surface area contributed by atoms with Crippen molar-refractivity contribution >= 4 is 15.8 Å². The van der Waals surface area contributed by atoms with Crippen LogP contribution >= 0.6 is 0 Å². The highest BCUT2D eigenvalue weighted by Crippen LogP contribution is 2.24. The number of anilines is 1. The molecule has 23 heavy (non-hydrogen) atoms. The van der Waals surface area contributed by atoms with Gasteiger partial charge in [0.2, 0.25) is 10.0 Å². The Morgan fingerprint density at radius 2 is 2.00 bits per heavy atom. The number of nitrogens with one attached hydrogen (secondary N) is 1. The number of aromatic nitrogens is 1. The van der Waals surface area contributed by atoms with Gasteiger partial charge in [-0.15, -0.1) is 0 Å². The third kappa shape index (κ3) is 3.82. The lowest BCUT2D eigenvalue weighted by Crippen LogP contribution is -2.48. The first-order chi connectivity index (χ1) is 11.1. The van der Waals surface area contributed by atoms with Crippen molar-refractivity contribution in [1.29, 1.82) is 5.26 Å². The van der Waals surface area contributed by atoms with E-state index in [2.05, 4.69) is 9.71 Å². The van der Waals surface area contributed by atoms with Crippen LogP contribution in [-0.4, -0.2) is 37.8 Å². The third-order valence-corrected chi connectivity index (χ3v) is 6.63. The smallest absolute Gasteiger partial charge is 0.216 e. The Balaban J connectivity index is 1.68. The Hall–Kier alpha value is -1.65. The van der Waals surface area contributed by atoms with Gasteiger partial charge in [0.15, 0.2) is 0 Å². The van der Waals surface area contributed by atoms with Gasteiger partial charge in [0, 0.05) is 25.3 Å². The fraction of sp³-hybridized carbons (Fsp3) is 0.625. The molecular formula is C16H22N4O2S. The summed E-state index contributed by atoms with van der Waals surface area (Å²) in [6, 6.07) is 5.67. The predicted molar refractivity (Wildman–Crippen MR) is 88.5 cm³/mol. The van der Waals surface area contributed by atoms with Crippen molar-refractivity contribution in [2.75, 3.05) is 18.0 Å². The molecule has 2 fully saturated rings. The molecule has 1 aromatic rings. The molecule has 124 valence electrons. The second-order valence-electron chi connectivity index (χ2n) is 6.37. The Morgan fingerprint density at radius 1 is 1.22 bits per heavy atom. The fourth-order valence-electron chi connectivity index (χ4n) is 3.41. The average Bonchev–Trinajstić information content (AvgIpc) is 3.07. The molecule has 0 unspecified atom stereocenters. The minimum atomic E-state index is -3.29. The Bertz CT molecular complexity index is 675. The minimum Gasteiger partial charge on any atom is -0.355 e. The molecule has 1 aromatic heterocycles. The highest BCUT2D eigenvalue weighted by molar-refractivity contribution is 7.90. The molecule has 7 heteroatoms. The van der Waals surface area contributed by atoms with Gasteiger partial charge >= 0.3 is 0 Å². The second-order valence-corrected chi connectivity index (χ2v) is 8.36. The Morgan fingerprint density at radius 3 is 2.65 bits per heavy atom. The lowest BCUT2D eigenvalue weighted by atomic mass is 10.1. The van der Waals surface area contributed by atoms with E-state index in [4.69, 9.17) is 5.26 Å². The topological polar surface area (TPSA) is 86.1 Å². The van der Waals surface area contributed by atoms with E-state index >= 15 is 0 Å². The average molecular weight is 334 g/mol. The highest BCUT2D eigenvalue weighted by atomic mass is 32.2. The van der Waals surface area contributed by atoms with Crippen LogP contribution in [0.1, 0.15) is 44.1 Å². The first-order valence-corrected chi connectivity index (χ1v) is 9.75. The highest BCUT2D eigenvalue weighted by Gasteiger charge is 2.33. The van der Waals surface area contributed by atoms with Crippen molar-refractivity contribution in [2.24, 2.45) is 0 Å². The van der Waals surface area contributed by atoms with Crippen molar-refractivity contribution in [2.45, 2.75) is 49.8 Å². The second kappa shape index (κ2) is 6.85. The summed E-state index contributed by atoms with van der Waals surface area (Å²) in [5.41, 5.74) is 0.512. The quantitative estimate of drug-likeness (QED) is 0.907. The molecule has 1 N–H and O–H groups in total. The van der Waals surface area contributed by atoms with E-state index in [1.165, 1.54) is 6.20 Å². The van der Waals surface area contributed by atoms with E-state index in [1.807, 2.05) is 11.0 Å². The van der Waals surface area contributed by atoms with Crippen LogP contribution in [-0.2, 0) is 10.0 Å². The van der Waals surface area contributed by atoms with Crippen molar-refractivity contribution in [3.05, 3.63) is 23.9 Å². The summed E-state index contributed by atoms with van der Waals surface area (Å²) >= 11 is 0. The number of nitrogens with zero attached hydrogens (tertiary/aromatic N) is 3. The molecule has 1 saturated carbocycles. The van der Waals surface area contributed by atoms with Gasteiger partial charge in [-0.25, -0.2) is 18.1 Å². The number of piperidine rings is 1. The van der Waals surface area contributed by atoms with Crippen LogP contribution in [0.4, 0.5) is 5.82 Å². The summed E-state index contributed by atoms with van der Waals surface area (Å²) in [5.74, 6) is 0.741. The zero-order valence-electron chi connectivity index (χ0n) is 13.1. The predicted octanol–water partition coefficient (Wildman–Crippen LogP) is 1.78. The molecule has 1 aliphatic carbocycles. The zero-order valence-corrected chi connectivity index (χ0v) is 13.9. The van der Waals surface area contributed by atoms with Crippen LogP contribution in [0.2, 0.25) is 0 Å². The van der Waals surface area contributed by atoms with Crippen molar-refractivity contribution in [1.82, 2.24) is 9.71 Å². The molecule has 1 saturated heterocycles. The molecule has 0 bridgehead atoms. The van der Waals surface area contributed by atoms with Gasteiger partial charge in [-0.3, -0.25) is 0 Å². The first-order valence-electron chi connectivity index (χ1n) is 8.21. The maximum absolute atomic E-state index is 12.6. The maximum atomic E-state index is 12.6. The molecule has 1 aliphatic heterocycles. The molecule has 2 aliphatic rings. The monoisotopic (exact) mass is 334 g/mol. The van der Waals surface area contributed by atoms with Gasteiger partial charge in [-0.1, -0.05) is 12.8 Å². The summed E-state index contributed by atoms with van der Waals surface area (Å²) in [7, 11) is -3.29. The van der Waals surface area contributed by atoms with E-state index in [0.29, 0.717) is 18.5 Å². The number of rotatable bonds is 4. The summed E-state index contributed by atoms with van der Waals surface area (Å²) in [5, 5.41) is 8.44. The number of pyridine rings is 1. The molecule has 0 aromatic carbocycles. The van der Waals surface area contributed by atoms with E-state index in [9.17, 15) is 8.42 Å². The van der Waals surface area contributed by atoms with Crippen molar-refractivity contribution in [3.63, 3.8) is 0 Å². The Kier molecular flexibility index (Phi) is 4.83. The molecule has 0 radical (unpaired) electrons. The van der Waals surface area contributed by atoms with Crippen LogP contribution in [0.3, 0.4) is 0 Å². The van der Waals surface area contributed by atoms with Gasteiger partial charge in [-0.05, 0) is 37.8 Å². The van der Waals surface area contributed by atoms with Gasteiger partial charge in [-0.2, -0.15) is 5.26 Å². The largest absolute Gasteiger partial charge is 0.355 e. The molecule has 3 rings (SSSR count). The molecule has 6 nitrogen and oxygen atoms in total. The van der Waals surface area contributed by atoms with Gasteiger partial charge in [0.1, 0.15) is 11.9 Å². The van der Waals surface area contributed by atoms with E-state index in [0.717, 1.165) is 44.5 Å². The van der Waals surface area contributed by atoms with Crippen LogP contribution in [0.15, 0.2) is 18.3 Å². The molecule has 0 spiro atoms. The van der Waals surface area contributed by atoms with Crippen molar-refractivity contribution in [3.8, 4) is 6.07 Å². The van der Waals surface area contributed by atoms with Crippen LogP contribution in [0.5, 0.6) is 0 Å². The number of nitriles is 1. The number of hydrogen-bond donors (Lipinski definition) is 1. The SMILES string of the molecule is N#Cc1ccc(N2CCC[C@H](S(=O)(=O)NC3CCCC3)C2)nc1. The molecule has 2 heterocycles. The van der Waals surface area contributed by atoms with Gasteiger partial charge in [0.25, 0.3) is 0 Å². The first kappa shape index (κ1) is 16.2. The maximum Gasteiger partial charge on any atom is 0.216 e. The van der Waals surface area contributed by atoms with Crippen LogP contribution < -0.4 is 9.62 Å². The summed E-state index contributed by atoms with van der Waals surface area (Å²) in [4.78, 5) is 6.28. The summed E-state index contributed by atoms with van der Waals surface area (Å²) in [6.07, 6.45) is 7.18. The van der Waals surface area contributed by atoms with Crippen molar-refractivity contribution < 1.29 is 8.42 Å². The minimum absolute atomic E-state index is 0.114. The zero-order chi connectivity index (χ0) is 16.3. The fourth-order valence-corrected chi connectivity index (χ4v) is 5.16. The van der Waals surface area contributed by atoms with E-state index in [1.54, 1.807) is 12.1 Å². The standard InChI is InChI=1S/C16H22N4O2S/c17-10-13-7-8-16(18-11-13)20-9-3-6-15(12-20)23(21,22)19-14-4-1-2-5-14/h7-8,11,14-15,19H,1-6,9,12H2/t15-/m0/s1. The van der Waals surface area contributed by atoms with E-state index < -0.39 is 15.3 Å². The lowest BCUT2D eigenvalue weighted by molar-refractivity contribution is 0.505. The molecular weight excluding hydrogens is 312 g/mol. The summed E-state index contributed by atoms with van der Waals surface area (Å²) in [6.45, 7) is 1.26. The third-order valence-electron chi connectivity index (χ3n) is 4.70. The lowest BCUT2D eigenvalue weighted by Gasteiger charge is -2.33. The Labute approximate surface area is 137 Å². The molecule has 1 atom stereocenters. The van der Waals surface area contributed by atoms with Gasteiger partial charge in [0.05, 0.1) is 10.8 Å².